The van der Waals surface area contributed by atoms with Crippen LogP contribution in [0.1, 0.15) is 40.5 Å². The van der Waals surface area contributed by atoms with Gasteiger partial charge in [-0.3, -0.25) is 0 Å². The maximum atomic E-state index is 5.94. The second kappa shape index (κ2) is 5.48. The Hall–Kier alpha value is -0.120. The van der Waals surface area contributed by atoms with E-state index in [4.69, 9.17) is 4.74 Å². The fraction of sp³-hybridized carbons (Fsp3) is 1.00. The lowest BCUT2D eigenvalue weighted by atomic mass is 9.55. The molecule has 3 heteroatoms. The molecule has 3 unspecified atom stereocenters. The van der Waals surface area contributed by atoms with Crippen LogP contribution in [0, 0.1) is 11.3 Å². The standard InChI is InChI=1S/C15H30N2O/c1-11(2)17(5)9-8-16-13-12-7-6-10-18-14(12)15(13,3)4/h11-14,16H,6-10H2,1-5H3. The molecule has 106 valence electrons. The van der Waals surface area contributed by atoms with Crippen LogP contribution in [0.4, 0.5) is 0 Å². The van der Waals surface area contributed by atoms with Crippen LogP contribution in [0.15, 0.2) is 0 Å². The molecule has 3 atom stereocenters. The van der Waals surface area contributed by atoms with Gasteiger partial charge in [-0.05, 0) is 33.7 Å². The summed E-state index contributed by atoms with van der Waals surface area (Å²) in [4.78, 5) is 2.40. The fourth-order valence-corrected chi connectivity index (χ4v) is 3.59. The van der Waals surface area contributed by atoms with E-state index in [0.717, 1.165) is 25.6 Å². The van der Waals surface area contributed by atoms with E-state index in [-0.39, 0.29) is 0 Å². The summed E-state index contributed by atoms with van der Waals surface area (Å²) in [5.74, 6) is 0.748. The van der Waals surface area contributed by atoms with E-state index in [0.29, 0.717) is 23.6 Å². The Balaban J connectivity index is 1.79. The van der Waals surface area contributed by atoms with E-state index >= 15 is 0 Å². The lowest BCUT2D eigenvalue weighted by Crippen LogP contribution is -2.69. The number of likely N-dealkylation sites (N-methyl/N-ethyl adjacent to an activating group) is 1. The molecular weight excluding hydrogens is 224 g/mol. The summed E-state index contributed by atoms with van der Waals surface area (Å²) in [7, 11) is 2.20. The summed E-state index contributed by atoms with van der Waals surface area (Å²) in [6, 6.07) is 1.27. The predicted molar refractivity (Wildman–Crippen MR) is 75.8 cm³/mol. The Kier molecular flexibility index (Phi) is 4.35. The Bertz CT molecular complexity index is 278. The molecule has 0 spiro atoms. The molecule has 18 heavy (non-hydrogen) atoms. The highest BCUT2D eigenvalue weighted by molar-refractivity contribution is 5.10. The third-order valence-corrected chi connectivity index (χ3v) is 5.04. The summed E-state index contributed by atoms with van der Waals surface area (Å²) in [5, 5.41) is 3.77. The number of nitrogens with one attached hydrogen (secondary N) is 1. The Labute approximate surface area is 112 Å². The molecule has 1 saturated carbocycles. The average molecular weight is 254 g/mol. The van der Waals surface area contributed by atoms with E-state index in [2.05, 4.69) is 45.0 Å². The zero-order chi connectivity index (χ0) is 13.3. The van der Waals surface area contributed by atoms with Crippen molar-refractivity contribution in [3.63, 3.8) is 0 Å². The Morgan fingerprint density at radius 1 is 1.39 bits per heavy atom. The van der Waals surface area contributed by atoms with Crippen molar-refractivity contribution in [3.8, 4) is 0 Å². The minimum atomic E-state index is 0.307. The van der Waals surface area contributed by atoms with Crippen molar-refractivity contribution >= 4 is 0 Å². The van der Waals surface area contributed by atoms with E-state index in [1.54, 1.807) is 0 Å². The zero-order valence-corrected chi connectivity index (χ0v) is 12.7. The van der Waals surface area contributed by atoms with Crippen LogP contribution >= 0.6 is 0 Å². The quantitative estimate of drug-likeness (QED) is 0.813. The van der Waals surface area contributed by atoms with Gasteiger partial charge in [0.2, 0.25) is 0 Å². The van der Waals surface area contributed by atoms with Crippen LogP contribution in [0.2, 0.25) is 0 Å². The smallest absolute Gasteiger partial charge is 0.0684 e. The number of fused-ring (bicyclic) bond motifs is 1. The highest BCUT2D eigenvalue weighted by Gasteiger charge is 2.57. The molecular formula is C15H30N2O. The summed E-state index contributed by atoms with van der Waals surface area (Å²) in [6.07, 6.45) is 3.07. The van der Waals surface area contributed by atoms with Crippen LogP contribution in [-0.2, 0) is 4.74 Å². The summed E-state index contributed by atoms with van der Waals surface area (Å²) >= 11 is 0. The van der Waals surface area contributed by atoms with Crippen molar-refractivity contribution in [3.05, 3.63) is 0 Å². The molecule has 0 aromatic heterocycles. The molecule has 2 rings (SSSR count). The highest BCUT2D eigenvalue weighted by atomic mass is 16.5. The van der Waals surface area contributed by atoms with Crippen molar-refractivity contribution in [2.24, 2.45) is 11.3 Å². The molecule has 0 aromatic rings. The summed E-state index contributed by atoms with van der Waals surface area (Å²) in [6.45, 7) is 12.4. The van der Waals surface area contributed by atoms with Gasteiger partial charge in [0, 0.05) is 43.1 Å². The van der Waals surface area contributed by atoms with Crippen molar-refractivity contribution < 1.29 is 4.74 Å². The van der Waals surface area contributed by atoms with Gasteiger partial charge in [-0.1, -0.05) is 13.8 Å². The van der Waals surface area contributed by atoms with Crippen molar-refractivity contribution in [2.75, 3.05) is 26.7 Å². The van der Waals surface area contributed by atoms with E-state index < -0.39 is 0 Å². The van der Waals surface area contributed by atoms with Crippen LogP contribution in [0.5, 0.6) is 0 Å². The first-order valence-corrected chi connectivity index (χ1v) is 7.50. The minimum Gasteiger partial charge on any atom is -0.377 e. The third kappa shape index (κ3) is 2.59. The second-order valence-corrected chi connectivity index (χ2v) is 6.92. The van der Waals surface area contributed by atoms with Crippen LogP contribution < -0.4 is 5.32 Å². The molecule has 1 aliphatic carbocycles. The van der Waals surface area contributed by atoms with Gasteiger partial charge in [0.15, 0.2) is 0 Å². The molecule has 0 bridgehead atoms. The molecule has 2 aliphatic rings. The first-order valence-electron chi connectivity index (χ1n) is 7.50. The predicted octanol–water partition coefficient (Wildman–Crippen LogP) is 2.12. The van der Waals surface area contributed by atoms with Crippen LogP contribution in [0.3, 0.4) is 0 Å². The Morgan fingerprint density at radius 2 is 2.11 bits per heavy atom. The second-order valence-electron chi connectivity index (χ2n) is 6.92. The monoisotopic (exact) mass is 254 g/mol. The van der Waals surface area contributed by atoms with Gasteiger partial charge in [0.25, 0.3) is 0 Å². The zero-order valence-electron chi connectivity index (χ0n) is 12.7. The van der Waals surface area contributed by atoms with Gasteiger partial charge in [-0.15, -0.1) is 0 Å². The summed E-state index contributed by atoms with van der Waals surface area (Å²) in [5.41, 5.74) is 0.307. The van der Waals surface area contributed by atoms with Gasteiger partial charge in [-0.25, -0.2) is 0 Å². The SMILES string of the molecule is CC(C)N(C)CCNC1C2CCCOC2C1(C)C. The van der Waals surface area contributed by atoms with E-state index in [9.17, 15) is 0 Å². The van der Waals surface area contributed by atoms with E-state index in [1.807, 2.05) is 0 Å². The van der Waals surface area contributed by atoms with Crippen molar-refractivity contribution in [2.45, 2.75) is 58.7 Å². The number of hydrogen-bond acceptors (Lipinski definition) is 3. The number of hydrogen-bond donors (Lipinski definition) is 1. The topological polar surface area (TPSA) is 24.5 Å². The molecule has 0 radical (unpaired) electrons. The average Bonchev–Trinajstić information content (AvgIpc) is 2.34. The van der Waals surface area contributed by atoms with Crippen LogP contribution in [0.25, 0.3) is 0 Å². The maximum Gasteiger partial charge on any atom is 0.0684 e. The van der Waals surface area contributed by atoms with Gasteiger partial charge in [0.05, 0.1) is 6.10 Å². The molecule has 1 saturated heterocycles. The maximum absolute atomic E-state index is 5.94. The molecule has 2 fully saturated rings. The largest absolute Gasteiger partial charge is 0.377 e. The van der Waals surface area contributed by atoms with Gasteiger partial charge in [0.1, 0.15) is 0 Å². The van der Waals surface area contributed by atoms with E-state index in [1.165, 1.54) is 12.8 Å². The first-order chi connectivity index (χ1) is 8.44. The number of rotatable bonds is 5. The minimum absolute atomic E-state index is 0.307. The summed E-state index contributed by atoms with van der Waals surface area (Å²) < 4.78 is 5.94. The number of ether oxygens (including phenoxy) is 1. The molecule has 0 amide bonds. The van der Waals surface area contributed by atoms with Gasteiger partial charge >= 0.3 is 0 Å². The van der Waals surface area contributed by atoms with Crippen LogP contribution in [-0.4, -0.2) is 49.8 Å². The molecule has 1 N–H and O–H groups in total. The Morgan fingerprint density at radius 3 is 2.78 bits per heavy atom. The van der Waals surface area contributed by atoms with Gasteiger partial charge < -0.3 is 15.0 Å². The van der Waals surface area contributed by atoms with Gasteiger partial charge in [-0.2, -0.15) is 0 Å². The molecule has 1 heterocycles. The molecule has 1 aliphatic heterocycles. The number of nitrogens with zero attached hydrogens (tertiary/aromatic N) is 1. The first kappa shape index (κ1) is 14.3. The van der Waals surface area contributed by atoms with Crippen molar-refractivity contribution in [1.29, 1.82) is 0 Å². The lowest BCUT2D eigenvalue weighted by Gasteiger charge is -2.60. The third-order valence-electron chi connectivity index (χ3n) is 5.04. The normalized spacial score (nSPS) is 34.5. The van der Waals surface area contributed by atoms with Crippen molar-refractivity contribution in [1.82, 2.24) is 10.2 Å². The molecule has 0 aromatic carbocycles. The lowest BCUT2D eigenvalue weighted by molar-refractivity contribution is -0.192. The highest BCUT2D eigenvalue weighted by Crippen LogP contribution is 2.51. The fourth-order valence-electron chi connectivity index (χ4n) is 3.59. The molecule has 3 nitrogen and oxygen atoms in total.